The number of halogens is 1. The van der Waals surface area contributed by atoms with Crippen molar-refractivity contribution in [3.8, 4) is 0 Å². The van der Waals surface area contributed by atoms with Gasteiger partial charge in [-0.05, 0) is 24.8 Å². The second-order valence-corrected chi connectivity index (χ2v) is 6.83. The van der Waals surface area contributed by atoms with Gasteiger partial charge >= 0.3 is 0 Å². The highest BCUT2D eigenvalue weighted by Gasteiger charge is 2.20. The molecule has 1 aliphatic heterocycles. The number of hydrogen-bond acceptors (Lipinski definition) is 5. The fraction of sp³-hybridized carbons (Fsp3) is 0.583. The molecule has 0 unspecified atom stereocenters. The Morgan fingerprint density at radius 3 is 2.75 bits per heavy atom. The van der Waals surface area contributed by atoms with Crippen LogP contribution in [0.3, 0.4) is 0 Å². The number of aromatic nitrogens is 1. The van der Waals surface area contributed by atoms with Crippen molar-refractivity contribution in [3.63, 3.8) is 0 Å². The SMILES string of the molecule is CNc1ncc(S(=O)(=O)NCC2CCOCC2)cc1Cl. The predicted molar refractivity (Wildman–Crippen MR) is 77.5 cm³/mol. The number of hydrogen-bond donors (Lipinski definition) is 2. The van der Waals surface area contributed by atoms with Gasteiger partial charge in [-0.1, -0.05) is 11.6 Å². The molecule has 2 heterocycles. The van der Waals surface area contributed by atoms with Crippen LogP contribution in [0.1, 0.15) is 12.8 Å². The standard InChI is InChI=1S/C12H18ClN3O3S/c1-14-12-11(13)6-10(8-15-12)20(17,18)16-7-9-2-4-19-5-3-9/h6,8-9,16H,2-5,7H2,1H3,(H,14,15). The molecule has 0 amide bonds. The average Bonchev–Trinajstić information content (AvgIpc) is 2.46. The van der Waals surface area contributed by atoms with Gasteiger partial charge in [0.25, 0.3) is 0 Å². The summed E-state index contributed by atoms with van der Waals surface area (Å²) in [5.41, 5.74) is 0. The normalized spacial score (nSPS) is 17.1. The van der Waals surface area contributed by atoms with E-state index in [0.29, 0.717) is 31.5 Å². The van der Waals surface area contributed by atoms with Crippen LogP contribution in [0.5, 0.6) is 0 Å². The lowest BCUT2D eigenvalue weighted by atomic mass is 10.0. The summed E-state index contributed by atoms with van der Waals surface area (Å²) in [6, 6.07) is 1.40. The smallest absolute Gasteiger partial charge is 0.242 e. The molecule has 2 N–H and O–H groups in total. The Morgan fingerprint density at radius 2 is 2.15 bits per heavy atom. The first-order chi connectivity index (χ1) is 9.53. The van der Waals surface area contributed by atoms with Gasteiger partial charge in [0.05, 0.1) is 5.02 Å². The lowest BCUT2D eigenvalue weighted by Gasteiger charge is -2.22. The zero-order chi connectivity index (χ0) is 14.6. The van der Waals surface area contributed by atoms with Crippen molar-refractivity contribution in [2.75, 3.05) is 32.1 Å². The van der Waals surface area contributed by atoms with Crippen LogP contribution in [-0.4, -0.2) is 40.2 Å². The monoisotopic (exact) mass is 319 g/mol. The summed E-state index contributed by atoms with van der Waals surface area (Å²) in [7, 11) is -1.90. The van der Waals surface area contributed by atoms with E-state index in [-0.39, 0.29) is 9.92 Å². The van der Waals surface area contributed by atoms with Crippen molar-refractivity contribution >= 4 is 27.4 Å². The topological polar surface area (TPSA) is 80.3 Å². The molecule has 0 bridgehead atoms. The summed E-state index contributed by atoms with van der Waals surface area (Å²) in [5.74, 6) is 0.772. The lowest BCUT2D eigenvalue weighted by molar-refractivity contribution is 0.0678. The van der Waals surface area contributed by atoms with Crippen LogP contribution in [0.25, 0.3) is 0 Å². The molecule has 1 fully saturated rings. The third kappa shape index (κ3) is 3.82. The van der Waals surface area contributed by atoms with Crippen molar-refractivity contribution in [1.82, 2.24) is 9.71 Å². The summed E-state index contributed by atoms with van der Waals surface area (Å²) >= 11 is 5.95. The molecule has 2 rings (SSSR count). The molecule has 0 spiro atoms. The minimum atomic E-state index is -3.57. The quantitative estimate of drug-likeness (QED) is 0.859. The van der Waals surface area contributed by atoms with Crippen LogP contribution >= 0.6 is 11.6 Å². The van der Waals surface area contributed by atoms with E-state index in [4.69, 9.17) is 16.3 Å². The molecular weight excluding hydrogens is 302 g/mol. The second-order valence-electron chi connectivity index (χ2n) is 4.66. The zero-order valence-electron chi connectivity index (χ0n) is 11.2. The average molecular weight is 320 g/mol. The van der Waals surface area contributed by atoms with E-state index in [1.807, 2.05) is 0 Å². The highest BCUT2D eigenvalue weighted by Crippen LogP contribution is 2.22. The highest BCUT2D eigenvalue weighted by atomic mass is 35.5. The molecule has 1 aromatic heterocycles. The number of nitrogens with one attached hydrogen (secondary N) is 2. The molecule has 1 aliphatic rings. The molecule has 0 aliphatic carbocycles. The summed E-state index contributed by atoms with van der Waals surface area (Å²) in [4.78, 5) is 4.05. The maximum absolute atomic E-state index is 12.2. The first-order valence-corrected chi connectivity index (χ1v) is 8.30. The van der Waals surface area contributed by atoms with Crippen molar-refractivity contribution in [2.45, 2.75) is 17.7 Å². The molecule has 20 heavy (non-hydrogen) atoms. The van der Waals surface area contributed by atoms with E-state index in [1.54, 1.807) is 7.05 Å². The van der Waals surface area contributed by atoms with Crippen molar-refractivity contribution in [1.29, 1.82) is 0 Å². The summed E-state index contributed by atoms with van der Waals surface area (Å²) in [5, 5.41) is 3.06. The molecule has 0 saturated carbocycles. The molecule has 8 heteroatoms. The Labute approximate surface area is 123 Å². The zero-order valence-corrected chi connectivity index (χ0v) is 12.8. The Hall–Kier alpha value is -0.890. The molecule has 0 radical (unpaired) electrons. The van der Waals surface area contributed by atoms with Gasteiger partial charge in [0, 0.05) is 33.0 Å². The largest absolute Gasteiger partial charge is 0.381 e. The van der Waals surface area contributed by atoms with Gasteiger partial charge in [0.15, 0.2) is 0 Å². The molecule has 0 atom stereocenters. The molecule has 1 saturated heterocycles. The minimum Gasteiger partial charge on any atom is -0.381 e. The number of anilines is 1. The van der Waals surface area contributed by atoms with Crippen LogP contribution in [0.15, 0.2) is 17.2 Å². The Morgan fingerprint density at radius 1 is 1.45 bits per heavy atom. The van der Waals surface area contributed by atoms with Crippen LogP contribution in [-0.2, 0) is 14.8 Å². The maximum atomic E-state index is 12.2. The number of rotatable bonds is 5. The number of sulfonamides is 1. The molecule has 112 valence electrons. The molecular formula is C12H18ClN3O3S. The van der Waals surface area contributed by atoms with Gasteiger partial charge < -0.3 is 10.1 Å². The molecule has 6 nitrogen and oxygen atoms in total. The molecule has 1 aromatic rings. The van der Waals surface area contributed by atoms with Gasteiger partial charge in [-0.15, -0.1) is 0 Å². The van der Waals surface area contributed by atoms with Gasteiger partial charge in [0.1, 0.15) is 10.7 Å². The minimum absolute atomic E-state index is 0.0774. The fourth-order valence-electron chi connectivity index (χ4n) is 2.01. The van der Waals surface area contributed by atoms with Crippen molar-refractivity contribution < 1.29 is 13.2 Å². The predicted octanol–water partition coefficient (Wildman–Crippen LogP) is 1.48. The number of pyridine rings is 1. The first-order valence-electron chi connectivity index (χ1n) is 6.43. The summed E-state index contributed by atoms with van der Waals surface area (Å²) in [6.07, 6.45) is 3.05. The highest BCUT2D eigenvalue weighted by molar-refractivity contribution is 7.89. The third-order valence-electron chi connectivity index (χ3n) is 3.27. The van der Waals surface area contributed by atoms with Crippen LogP contribution < -0.4 is 10.0 Å². The summed E-state index contributed by atoms with van der Waals surface area (Å²) < 4.78 is 32.2. The Bertz CT molecular complexity index is 559. The second kappa shape index (κ2) is 6.71. The summed E-state index contributed by atoms with van der Waals surface area (Å²) in [6.45, 7) is 1.80. The fourth-order valence-corrected chi connectivity index (χ4v) is 3.42. The molecule has 0 aromatic carbocycles. The van der Waals surface area contributed by atoms with Crippen LogP contribution in [0.4, 0.5) is 5.82 Å². The number of ether oxygens (including phenoxy) is 1. The first kappa shape index (κ1) is 15.5. The van der Waals surface area contributed by atoms with Crippen LogP contribution in [0, 0.1) is 5.92 Å². The van der Waals surface area contributed by atoms with Gasteiger partial charge in [0.2, 0.25) is 10.0 Å². The van der Waals surface area contributed by atoms with E-state index in [9.17, 15) is 8.42 Å². The number of nitrogens with zero attached hydrogens (tertiary/aromatic N) is 1. The van der Waals surface area contributed by atoms with E-state index in [0.717, 1.165) is 12.8 Å². The lowest BCUT2D eigenvalue weighted by Crippen LogP contribution is -2.32. The Kier molecular flexibility index (Phi) is 5.20. The van der Waals surface area contributed by atoms with Crippen molar-refractivity contribution in [2.24, 2.45) is 5.92 Å². The van der Waals surface area contributed by atoms with Gasteiger partial charge in [-0.2, -0.15) is 0 Å². The van der Waals surface area contributed by atoms with Crippen LogP contribution in [0.2, 0.25) is 5.02 Å². The van der Waals surface area contributed by atoms with Gasteiger partial charge in [-0.25, -0.2) is 18.1 Å². The Balaban J connectivity index is 2.04. The van der Waals surface area contributed by atoms with E-state index >= 15 is 0 Å². The van der Waals surface area contributed by atoms with E-state index in [2.05, 4.69) is 15.0 Å². The van der Waals surface area contributed by atoms with E-state index < -0.39 is 10.0 Å². The van der Waals surface area contributed by atoms with Gasteiger partial charge in [-0.3, -0.25) is 0 Å². The third-order valence-corrected chi connectivity index (χ3v) is 4.94. The van der Waals surface area contributed by atoms with Crippen molar-refractivity contribution in [3.05, 3.63) is 17.3 Å². The van der Waals surface area contributed by atoms with E-state index in [1.165, 1.54) is 12.3 Å². The maximum Gasteiger partial charge on any atom is 0.242 e.